The average Bonchev–Trinajstić information content (AvgIpc) is 2.91. The number of ether oxygens (including phenoxy) is 1. The minimum Gasteiger partial charge on any atom is -0.504 e. The summed E-state index contributed by atoms with van der Waals surface area (Å²) in [6.07, 6.45) is -0.630. The van der Waals surface area contributed by atoms with E-state index >= 15 is 0 Å². The Kier molecular flexibility index (Phi) is 5.11. The third kappa shape index (κ3) is 3.35. The summed E-state index contributed by atoms with van der Waals surface area (Å²) in [5.74, 6) is 0.130. The third-order valence-corrected chi connectivity index (χ3v) is 4.11. The van der Waals surface area contributed by atoms with Gasteiger partial charge >= 0.3 is 0 Å². The fourth-order valence-electron chi connectivity index (χ4n) is 2.82. The molecule has 0 atom stereocenters. The molecule has 8 nitrogen and oxygen atoms in total. The largest absolute Gasteiger partial charge is 0.504 e. The highest BCUT2D eigenvalue weighted by Crippen LogP contribution is 2.29. The van der Waals surface area contributed by atoms with E-state index in [0.29, 0.717) is 11.3 Å². The summed E-state index contributed by atoms with van der Waals surface area (Å²) < 4.78 is 7.66. The Hall–Kier alpha value is -3.36. The number of aromatic nitrogens is 2. The summed E-state index contributed by atoms with van der Waals surface area (Å²) in [5.41, 5.74) is 0.145. The van der Waals surface area contributed by atoms with E-state index in [2.05, 4.69) is 4.99 Å². The summed E-state index contributed by atoms with van der Waals surface area (Å²) in [4.78, 5) is 17.0. The number of aromatic hydroxyl groups is 1. The fourth-order valence-corrected chi connectivity index (χ4v) is 2.82. The predicted molar refractivity (Wildman–Crippen MR) is 100 cm³/mol. The molecular weight excluding hydrogens is 350 g/mol. The minimum absolute atomic E-state index is 0.0671. The molecule has 0 aliphatic heterocycles. The second kappa shape index (κ2) is 7.48. The van der Waals surface area contributed by atoms with Crippen molar-refractivity contribution in [2.45, 2.75) is 6.29 Å². The molecule has 0 spiro atoms. The van der Waals surface area contributed by atoms with Gasteiger partial charge in [0.05, 0.1) is 12.8 Å². The van der Waals surface area contributed by atoms with Crippen LogP contribution in [0.2, 0.25) is 0 Å². The van der Waals surface area contributed by atoms with Crippen molar-refractivity contribution in [3.8, 4) is 17.2 Å². The maximum Gasteiger partial charge on any atom is 0.297 e. The van der Waals surface area contributed by atoms with Crippen LogP contribution < -0.4 is 10.3 Å². The summed E-state index contributed by atoms with van der Waals surface area (Å²) >= 11 is 0. The number of phenols is 1. The van der Waals surface area contributed by atoms with Gasteiger partial charge in [0.1, 0.15) is 5.69 Å². The van der Waals surface area contributed by atoms with Gasteiger partial charge in [-0.15, -0.1) is 0 Å². The molecule has 0 fully saturated rings. The van der Waals surface area contributed by atoms with Gasteiger partial charge in [0.2, 0.25) is 0 Å². The van der Waals surface area contributed by atoms with Gasteiger partial charge in [0.15, 0.2) is 23.5 Å². The number of rotatable bonds is 5. The van der Waals surface area contributed by atoms with Gasteiger partial charge < -0.3 is 20.1 Å². The molecule has 0 radical (unpaired) electrons. The van der Waals surface area contributed by atoms with E-state index in [-0.39, 0.29) is 22.9 Å². The highest BCUT2D eigenvalue weighted by molar-refractivity contribution is 5.86. The molecule has 3 N–H and O–H groups in total. The van der Waals surface area contributed by atoms with Crippen LogP contribution in [0.4, 0.5) is 5.69 Å². The van der Waals surface area contributed by atoms with Crippen molar-refractivity contribution >= 4 is 11.9 Å². The molecule has 3 rings (SSSR count). The molecule has 0 unspecified atom stereocenters. The fraction of sp³-hybridized carbons (Fsp3) is 0.158. The standard InChI is InChI=1S/C19H19N3O5/c1-21-16(19(25)26)15(18(24)22(21)13-8-4-3-5-9-13)20-11-12-7-6-10-14(27-2)17(12)23/h3-11,19,23,25-26H,1-2H3. The average molecular weight is 369 g/mol. The molecular formula is C19H19N3O5. The van der Waals surface area contributed by atoms with Crippen molar-refractivity contribution in [3.63, 3.8) is 0 Å². The Morgan fingerprint density at radius 2 is 1.81 bits per heavy atom. The van der Waals surface area contributed by atoms with Gasteiger partial charge in [-0.05, 0) is 24.3 Å². The van der Waals surface area contributed by atoms with E-state index in [1.807, 2.05) is 6.07 Å². The maximum absolute atomic E-state index is 12.9. The Bertz CT molecular complexity index is 1040. The topological polar surface area (TPSA) is 109 Å². The van der Waals surface area contributed by atoms with E-state index in [9.17, 15) is 20.1 Å². The lowest BCUT2D eigenvalue weighted by molar-refractivity contribution is -0.0482. The Balaban J connectivity index is 2.15. The number of para-hydroxylation sites is 2. The number of methoxy groups -OCH3 is 1. The van der Waals surface area contributed by atoms with Crippen LogP contribution in [0.3, 0.4) is 0 Å². The molecule has 140 valence electrons. The van der Waals surface area contributed by atoms with Crippen molar-refractivity contribution < 1.29 is 20.1 Å². The molecule has 1 heterocycles. The number of aliphatic hydroxyl groups excluding tert-OH is 1. The number of aliphatic hydroxyl groups is 2. The first-order valence-electron chi connectivity index (χ1n) is 8.09. The van der Waals surface area contributed by atoms with Gasteiger partial charge in [-0.2, -0.15) is 0 Å². The summed E-state index contributed by atoms with van der Waals surface area (Å²) in [6, 6.07) is 13.6. The second-order valence-electron chi connectivity index (χ2n) is 5.74. The molecule has 27 heavy (non-hydrogen) atoms. The molecule has 8 heteroatoms. The van der Waals surface area contributed by atoms with Crippen LogP contribution in [0.25, 0.3) is 5.69 Å². The predicted octanol–water partition coefficient (Wildman–Crippen LogP) is 1.62. The zero-order valence-electron chi connectivity index (χ0n) is 14.8. The third-order valence-electron chi connectivity index (χ3n) is 4.11. The van der Waals surface area contributed by atoms with Crippen LogP contribution >= 0.6 is 0 Å². The first-order chi connectivity index (χ1) is 13.0. The first kappa shape index (κ1) is 18.4. The van der Waals surface area contributed by atoms with E-state index in [1.54, 1.807) is 42.5 Å². The SMILES string of the molecule is COc1cccc(C=Nc2c(C(O)O)n(C)n(-c3ccccc3)c2=O)c1O. The van der Waals surface area contributed by atoms with Crippen molar-refractivity contribution in [2.75, 3.05) is 7.11 Å². The number of hydrogen-bond donors (Lipinski definition) is 3. The molecule has 3 aromatic rings. The van der Waals surface area contributed by atoms with E-state index < -0.39 is 11.8 Å². The van der Waals surface area contributed by atoms with Crippen molar-refractivity contribution in [3.05, 3.63) is 70.1 Å². The van der Waals surface area contributed by atoms with Gasteiger partial charge in [-0.1, -0.05) is 24.3 Å². The quantitative estimate of drug-likeness (QED) is 0.468. The number of nitrogens with zero attached hydrogens (tertiary/aromatic N) is 3. The summed E-state index contributed by atoms with van der Waals surface area (Å²) in [6.45, 7) is 0. The number of benzene rings is 2. The monoisotopic (exact) mass is 369 g/mol. The molecule has 0 bridgehead atoms. The molecule has 2 aromatic carbocycles. The van der Waals surface area contributed by atoms with Crippen LogP contribution in [0.1, 0.15) is 17.5 Å². The number of aliphatic imine (C=N–C) groups is 1. The Morgan fingerprint density at radius 3 is 2.44 bits per heavy atom. The van der Waals surface area contributed by atoms with Gasteiger partial charge in [-0.25, -0.2) is 9.67 Å². The maximum atomic E-state index is 12.9. The Labute approximate surface area is 154 Å². The molecule has 0 aliphatic rings. The highest BCUT2D eigenvalue weighted by atomic mass is 16.5. The zero-order chi connectivity index (χ0) is 19.6. The van der Waals surface area contributed by atoms with Gasteiger partial charge in [0.25, 0.3) is 5.56 Å². The van der Waals surface area contributed by atoms with Crippen molar-refractivity contribution in [1.82, 2.24) is 9.36 Å². The second-order valence-corrected chi connectivity index (χ2v) is 5.74. The normalized spacial score (nSPS) is 11.4. The molecule has 1 aromatic heterocycles. The van der Waals surface area contributed by atoms with Crippen LogP contribution in [0.15, 0.2) is 58.3 Å². The summed E-state index contributed by atoms with van der Waals surface area (Å²) in [5, 5.41) is 29.6. The first-order valence-corrected chi connectivity index (χ1v) is 8.09. The van der Waals surface area contributed by atoms with Crippen molar-refractivity contribution in [1.29, 1.82) is 0 Å². The van der Waals surface area contributed by atoms with E-state index in [1.165, 1.54) is 29.7 Å². The number of hydrogen-bond acceptors (Lipinski definition) is 6. The molecule has 0 aliphatic carbocycles. The lowest BCUT2D eigenvalue weighted by atomic mass is 10.2. The lowest BCUT2D eigenvalue weighted by Gasteiger charge is -2.10. The van der Waals surface area contributed by atoms with Gasteiger partial charge in [0, 0.05) is 18.8 Å². The van der Waals surface area contributed by atoms with Crippen LogP contribution in [-0.2, 0) is 7.05 Å². The summed E-state index contributed by atoms with van der Waals surface area (Å²) in [7, 11) is 2.96. The van der Waals surface area contributed by atoms with Crippen LogP contribution in [0, 0.1) is 0 Å². The Morgan fingerprint density at radius 1 is 1.11 bits per heavy atom. The minimum atomic E-state index is -1.90. The van der Waals surface area contributed by atoms with Crippen molar-refractivity contribution in [2.24, 2.45) is 12.0 Å². The molecule has 0 amide bonds. The van der Waals surface area contributed by atoms with E-state index in [0.717, 1.165) is 0 Å². The lowest BCUT2D eigenvalue weighted by Crippen LogP contribution is -2.19. The van der Waals surface area contributed by atoms with E-state index in [4.69, 9.17) is 4.74 Å². The number of phenolic OH excluding ortho intramolecular Hbond substituents is 1. The molecule has 0 saturated heterocycles. The molecule has 0 saturated carbocycles. The smallest absolute Gasteiger partial charge is 0.297 e. The van der Waals surface area contributed by atoms with Crippen LogP contribution in [-0.4, -0.2) is 38.0 Å². The van der Waals surface area contributed by atoms with Crippen LogP contribution in [0.5, 0.6) is 11.5 Å². The zero-order valence-corrected chi connectivity index (χ0v) is 14.8. The van der Waals surface area contributed by atoms with Gasteiger partial charge in [-0.3, -0.25) is 9.48 Å². The highest BCUT2D eigenvalue weighted by Gasteiger charge is 2.23.